The summed E-state index contributed by atoms with van der Waals surface area (Å²) in [7, 11) is 0. The second-order valence-electron chi connectivity index (χ2n) is 3.15. The van der Waals surface area contributed by atoms with Gasteiger partial charge in [0.25, 0.3) is 0 Å². The van der Waals surface area contributed by atoms with Crippen LogP contribution in [0.25, 0.3) is 0 Å². The topological polar surface area (TPSA) is 12.0 Å². The number of alkyl halides is 1. The van der Waals surface area contributed by atoms with E-state index >= 15 is 0 Å². The fourth-order valence-corrected chi connectivity index (χ4v) is 1.72. The first-order valence-corrected chi connectivity index (χ1v) is 5.84. The van der Waals surface area contributed by atoms with Crippen LogP contribution >= 0.6 is 23.2 Å². The molecule has 1 N–H and O–H groups in total. The molecular weight excluding hydrogens is 205 g/mol. The van der Waals surface area contributed by atoms with E-state index < -0.39 is 0 Å². The zero-order valence-electron chi connectivity index (χ0n) is 8.23. The summed E-state index contributed by atoms with van der Waals surface area (Å²) in [6.45, 7) is 4.10. The van der Waals surface area contributed by atoms with Gasteiger partial charge in [-0.05, 0) is 25.3 Å². The van der Waals surface area contributed by atoms with Crippen molar-refractivity contribution in [1.29, 1.82) is 0 Å². The number of halogens is 2. The molecule has 0 heterocycles. The maximum Gasteiger partial charge on any atom is 0.0226 e. The fraction of sp³-hybridized carbons (Fsp3) is 0.800. The summed E-state index contributed by atoms with van der Waals surface area (Å²) >= 11 is 11.1. The van der Waals surface area contributed by atoms with Gasteiger partial charge in [0.05, 0.1) is 0 Å². The molecular formula is C10H19Cl2N. The Kier molecular flexibility index (Phi) is 10.6. The molecule has 0 aromatic carbocycles. The Morgan fingerprint density at radius 3 is 2.69 bits per heavy atom. The SMILES string of the molecule is CCCC(CCCl)CNC/C=C/Cl. The lowest BCUT2D eigenvalue weighted by molar-refractivity contribution is 0.440. The maximum absolute atomic E-state index is 5.71. The van der Waals surface area contributed by atoms with Crippen LogP contribution in [0.5, 0.6) is 0 Å². The van der Waals surface area contributed by atoms with Crippen LogP contribution < -0.4 is 5.32 Å². The van der Waals surface area contributed by atoms with Gasteiger partial charge in [-0.3, -0.25) is 0 Å². The van der Waals surface area contributed by atoms with Gasteiger partial charge in [-0.15, -0.1) is 11.6 Å². The van der Waals surface area contributed by atoms with E-state index in [0.717, 1.165) is 25.4 Å². The largest absolute Gasteiger partial charge is 0.313 e. The van der Waals surface area contributed by atoms with Crippen LogP contribution in [-0.2, 0) is 0 Å². The molecule has 1 unspecified atom stereocenters. The minimum absolute atomic E-state index is 0.714. The second-order valence-corrected chi connectivity index (χ2v) is 3.78. The Balaban J connectivity index is 3.43. The highest BCUT2D eigenvalue weighted by atomic mass is 35.5. The Morgan fingerprint density at radius 1 is 1.38 bits per heavy atom. The van der Waals surface area contributed by atoms with Crippen LogP contribution in [0.2, 0.25) is 0 Å². The summed E-state index contributed by atoms with van der Waals surface area (Å²) in [6.07, 6.45) is 5.50. The summed E-state index contributed by atoms with van der Waals surface area (Å²) in [5.74, 6) is 1.48. The lowest BCUT2D eigenvalue weighted by Crippen LogP contribution is -2.23. The van der Waals surface area contributed by atoms with Gasteiger partial charge in [-0.2, -0.15) is 0 Å². The van der Waals surface area contributed by atoms with E-state index in [4.69, 9.17) is 23.2 Å². The van der Waals surface area contributed by atoms with E-state index in [2.05, 4.69) is 12.2 Å². The first-order valence-electron chi connectivity index (χ1n) is 4.87. The molecule has 3 heteroatoms. The monoisotopic (exact) mass is 223 g/mol. The predicted molar refractivity (Wildman–Crippen MR) is 61.6 cm³/mol. The molecule has 0 saturated carbocycles. The van der Waals surface area contributed by atoms with Crippen LogP contribution in [-0.4, -0.2) is 19.0 Å². The third-order valence-electron chi connectivity index (χ3n) is 2.00. The van der Waals surface area contributed by atoms with Gasteiger partial charge in [0, 0.05) is 18.0 Å². The smallest absolute Gasteiger partial charge is 0.0226 e. The van der Waals surface area contributed by atoms with Gasteiger partial charge < -0.3 is 5.32 Å². The van der Waals surface area contributed by atoms with E-state index in [9.17, 15) is 0 Å². The lowest BCUT2D eigenvalue weighted by Gasteiger charge is -2.14. The average Bonchev–Trinajstić information content (AvgIpc) is 2.13. The van der Waals surface area contributed by atoms with E-state index in [1.54, 1.807) is 5.54 Å². The summed E-state index contributed by atoms with van der Waals surface area (Å²) < 4.78 is 0. The van der Waals surface area contributed by atoms with Crippen LogP contribution in [0.3, 0.4) is 0 Å². The summed E-state index contributed by atoms with van der Waals surface area (Å²) in [5.41, 5.74) is 1.55. The van der Waals surface area contributed by atoms with Crippen LogP contribution in [0.4, 0.5) is 0 Å². The molecule has 13 heavy (non-hydrogen) atoms. The molecule has 0 spiro atoms. The molecule has 0 fully saturated rings. The van der Waals surface area contributed by atoms with Crippen molar-refractivity contribution in [3.63, 3.8) is 0 Å². The van der Waals surface area contributed by atoms with E-state index in [1.165, 1.54) is 12.8 Å². The third kappa shape index (κ3) is 8.61. The number of hydrogen-bond acceptors (Lipinski definition) is 1. The highest BCUT2D eigenvalue weighted by Crippen LogP contribution is 2.10. The fourth-order valence-electron chi connectivity index (χ4n) is 1.33. The van der Waals surface area contributed by atoms with Crippen molar-refractivity contribution < 1.29 is 0 Å². The highest BCUT2D eigenvalue weighted by Gasteiger charge is 2.05. The van der Waals surface area contributed by atoms with Crippen molar-refractivity contribution in [2.24, 2.45) is 5.92 Å². The van der Waals surface area contributed by atoms with Crippen molar-refractivity contribution >= 4 is 23.2 Å². The first-order chi connectivity index (χ1) is 6.35. The normalized spacial score (nSPS) is 13.8. The number of nitrogens with one attached hydrogen (secondary N) is 1. The van der Waals surface area contributed by atoms with Crippen molar-refractivity contribution in [2.45, 2.75) is 26.2 Å². The average molecular weight is 224 g/mol. The zero-order valence-corrected chi connectivity index (χ0v) is 9.74. The van der Waals surface area contributed by atoms with Crippen LogP contribution in [0.15, 0.2) is 11.6 Å². The summed E-state index contributed by atoms with van der Waals surface area (Å²) in [5, 5.41) is 3.33. The minimum atomic E-state index is 0.714. The van der Waals surface area contributed by atoms with Crippen molar-refractivity contribution in [3.05, 3.63) is 11.6 Å². The summed E-state index contributed by atoms with van der Waals surface area (Å²) in [6, 6.07) is 0. The van der Waals surface area contributed by atoms with Gasteiger partial charge in [0.15, 0.2) is 0 Å². The molecule has 0 aliphatic carbocycles. The predicted octanol–water partition coefficient (Wildman–Crippen LogP) is 3.37. The highest BCUT2D eigenvalue weighted by molar-refractivity contribution is 6.25. The van der Waals surface area contributed by atoms with Gasteiger partial charge in [0.2, 0.25) is 0 Å². The Labute approximate surface area is 91.5 Å². The van der Waals surface area contributed by atoms with Gasteiger partial charge >= 0.3 is 0 Å². The molecule has 0 saturated heterocycles. The van der Waals surface area contributed by atoms with Crippen molar-refractivity contribution in [1.82, 2.24) is 5.32 Å². The Hall–Kier alpha value is 0.280. The van der Waals surface area contributed by atoms with Crippen LogP contribution in [0, 0.1) is 5.92 Å². The Morgan fingerprint density at radius 2 is 2.15 bits per heavy atom. The molecule has 0 bridgehead atoms. The molecule has 0 aromatic heterocycles. The maximum atomic E-state index is 5.71. The molecule has 0 aromatic rings. The van der Waals surface area contributed by atoms with Crippen LogP contribution in [0.1, 0.15) is 26.2 Å². The first kappa shape index (κ1) is 13.3. The standard InChI is InChI=1S/C10H19Cl2N/c1-2-4-10(5-7-12)9-13-8-3-6-11/h3,6,10,13H,2,4-5,7-9H2,1H3/b6-3+. The van der Waals surface area contributed by atoms with E-state index in [0.29, 0.717) is 5.92 Å². The van der Waals surface area contributed by atoms with Crippen molar-refractivity contribution in [2.75, 3.05) is 19.0 Å². The molecule has 0 aliphatic rings. The lowest BCUT2D eigenvalue weighted by atomic mass is 10.0. The van der Waals surface area contributed by atoms with E-state index in [1.807, 2.05) is 6.08 Å². The number of rotatable bonds is 8. The minimum Gasteiger partial charge on any atom is -0.313 e. The molecule has 1 atom stereocenters. The Bertz CT molecular complexity index is 120. The zero-order chi connectivity index (χ0) is 9.94. The second kappa shape index (κ2) is 10.4. The molecule has 0 radical (unpaired) electrons. The number of hydrogen-bond donors (Lipinski definition) is 1. The molecule has 0 aliphatic heterocycles. The quantitative estimate of drug-likeness (QED) is 0.492. The van der Waals surface area contributed by atoms with Gasteiger partial charge in [0.1, 0.15) is 0 Å². The van der Waals surface area contributed by atoms with Gasteiger partial charge in [-0.25, -0.2) is 0 Å². The molecule has 78 valence electrons. The summed E-state index contributed by atoms with van der Waals surface area (Å²) in [4.78, 5) is 0. The third-order valence-corrected chi connectivity index (χ3v) is 2.39. The molecule has 0 rings (SSSR count). The molecule has 1 nitrogen and oxygen atoms in total. The van der Waals surface area contributed by atoms with Gasteiger partial charge in [-0.1, -0.05) is 31.0 Å². The molecule has 0 amide bonds. The van der Waals surface area contributed by atoms with Crippen molar-refractivity contribution in [3.8, 4) is 0 Å². The van der Waals surface area contributed by atoms with E-state index in [-0.39, 0.29) is 0 Å².